The molecule has 1 heterocycles. The summed E-state index contributed by atoms with van der Waals surface area (Å²) in [6.45, 7) is 11.8. The molecule has 2 atom stereocenters. The molecule has 6 heteroatoms. The summed E-state index contributed by atoms with van der Waals surface area (Å²) in [5.74, 6) is 0.192. The fourth-order valence-corrected chi connectivity index (χ4v) is 2.82. The zero-order valence-corrected chi connectivity index (χ0v) is 15.6. The maximum absolute atomic E-state index is 13.4. The molecule has 140 valence electrons. The zero-order chi connectivity index (χ0) is 18.4. The van der Waals surface area contributed by atoms with E-state index in [9.17, 15) is 8.78 Å². The molecule has 1 fully saturated rings. The van der Waals surface area contributed by atoms with E-state index in [2.05, 4.69) is 43.2 Å². The first kappa shape index (κ1) is 19.5. The van der Waals surface area contributed by atoms with Gasteiger partial charge in [-0.25, -0.2) is 8.78 Å². The summed E-state index contributed by atoms with van der Waals surface area (Å²) < 4.78 is 26.5. The van der Waals surface area contributed by atoms with E-state index in [0.717, 1.165) is 44.2 Å². The molecule has 2 N–H and O–H groups in total. The highest BCUT2D eigenvalue weighted by molar-refractivity contribution is 5.80. The summed E-state index contributed by atoms with van der Waals surface area (Å²) in [5.41, 5.74) is 0.740. The van der Waals surface area contributed by atoms with Crippen molar-refractivity contribution in [1.82, 2.24) is 10.6 Å². The minimum atomic E-state index is -0.801. The molecule has 1 aromatic rings. The Hall–Kier alpha value is -1.85. The molecule has 0 saturated carbocycles. The van der Waals surface area contributed by atoms with Crippen molar-refractivity contribution in [1.29, 1.82) is 0 Å². The van der Waals surface area contributed by atoms with Crippen LogP contribution in [-0.4, -0.2) is 38.2 Å². The Morgan fingerprint density at radius 2 is 2.04 bits per heavy atom. The van der Waals surface area contributed by atoms with Crippen LogP contribution in [0.5, 0.6) is 0 Å². The second kappa shape index (κ2) is 9.02. The highest BCUT2D eigenvalue weighted by atomic mass is 19.2. The van der Waals surface area contributed by atoms with Crippen LogP contribution in [0.2, 0.25) is 0 Å². The van der Waals surface area contributed by atoms with Crippen LogP contribution >= 0.6 is 0 Å². The van der Waals surface area contributed by atoms with Crippen LogP contribution in [0.25, 0.3) is 0 Å². The molecule has 1 aliphatic heterocycles. The molecule has 0 aliphatic carbocycles. The van der Waals surface area contributed by atoms with Crippen molar-refractivity contribution in [2.75, 3.05) is 31.1 Å². The topological polar surface area (TPSA) is 39.7 Å². The van der Waals surface area contributed by atoms with Gasteiger partial charge in [-0.3, -0.25) is 4.99 Å². The van der Waals surface area contributed by atoms with Crippen LogP contribution in [-0.2, 0) is 0 Å². The lowest BCUT2D eigenvalue weighted by Crippen LogP contribution is -2.44. The molecular formula is C19H30F2N4. The van der Waals surface area contributed by atoms with Gasteiger partial charge in [0.05, 0.1) is 0 Å². The lowest BCUT2D eigenvalue weighted by Gasteiger charge is -2.21. The van der Waals surface area contributed by atoms with Crippen molar-refractivity contribution in [3.05, 3.63) is 29.8 Å². The van der Waals surface area contributed by atoms with Gasteiger partial charge in [-0.2, -0.15) is 0 Å². The van der Waals surface area contributed by atoms with Gasteiger partial charge in [0.2, 0.25) is 0 Å². The fraction of sp³-hybridized carbons (Fsp3) is 0.632. The molecular weight excluding hydrogens is 322 g/mol. The van der Waals surface area contributed by atoms with E-state index in [0.29, 0.717) is 17.9 Å². The highest BCUT2D eigenvalue weighted by Gasteiger charge is 2.23. The molecule has 0 bridgehead atoms. The Bertz CT molecular complexity index is 589. The second-order valence-corrected chi connectivity index (χ2v) is 7.10. The predicted molar refractivity (Wildman–Crippen MR) is 100 cm³/mol. The van der Waals surface area contributed by atoms with E-state index in [4.69, 9.17) is 4.99 Å². The van der Waals surface area contributed by atoms with Gasteiger partial charge in [0, 0.05) is 44.0 Å². The first-order valence-corrected chi connectivity index (χ1v) is 9.15. The summed E-state index contributed by atoms with van der Waals surface area (Å²) >= 11 is 0. The van der Waals surface area contributed by atoms with Crippen LogP contribution in [0.15, 0.2) is 23.2 Å². The molecule has 4 nitrogen and oxygen atoms in total. The van der Waals surface area contributed by atoms with Crippen LogP contribution in [0.4, 0.5) is 14.5 Å². The van der Waals surface area contributed by atoms with Crippen molar-refractivity contribution < 1.29 is 8.78 Å². The van der Waals surface area contributed by atoms with E-state index in [1.54, 1.807) is 6.07 Å². The SMILES string of the molecule is CCNC(=NCC1CCN(c2ccc(F)c(F)c2)C1)NC(C)C(C)C. The average molecular weight is 352 g/mol. The van der Waals surface area contributed by atoms with Gasteiger partial charge < -0.3 is 15.5 Å². The van der Waals surface area contributed by atoms with E-state index in [1.807, 2.05) is 0 Å². The van der Waals surface area contributed by atoms with Gasteiger partial charge in [-0.15, -0.1) is 0 Å². The van der Waals surface area contributed by atoms with Crippen molar-refractivity contribution in [3.63, 3.8) is 0 Å². The quantitative estimate of drug-likeness (QED) is 0.609. The number of anilines is 1. The minimum Gasteiger partial charge on any atom is -0.371 e. The third-order valence-corrected chi connectivity index (χ3v) is 4.77. The molecule has 0 aromatic heterocycles. The second-order valence-electron chi connectivity index (χ2n) is 7.10. The Labute approximate surface area is 149 Å². The standard InChI is InChI=1S/C19H30F2N4/c1-5-22-19(24-14(4)13(2)3)23-11-15-8-9-25(12-15)16-6-7-17(20)18(21)10-16/h6-7,10,13-15H,5,8-9,11-12H2,1-4H3,(H2,22,23,24). The predicted octanol–water partition coefficient (Wildman–Crippen LogP) is 3.39. The number of hydrogen-bond donors (Lipinski definition) is 2. The maximum Gasteiger partial charge on any atom is 0.191 e. The molecule has 2 unspecified atom stereocenters. The minimum absolute atomic E-state index is 0.347. The number of hydrogen-bond acceptors (Lipinski definition) is 2. The van der Waals surface area contributed by atoms with Gasteiger partial charge in [-0.1, -0.05) is 13.8 Å². The van der Waals surface area contributed by atoms with Gasteiger partial charge in [0.1, 0.15) is 0 Å². The maximum atomic E-state index is 13.4. The Morgan fingerprint density at radius 1 is 1.28 bits per heavy atom. The number of benzene rings is 1. The summed E-state index contributed by atoms with van der Waals surface area (Å²) in [5, 5.41) is 6.71. The van der Waals surface area contributed by atoms with E-state index < -0.39 is 11.6 Å². The van der Waals surface area contributed by atoms with E-state index in [-0.39, 0.29) is 0 Å². The third kappa shape index (κ3) is 5.58. The smallest absolute Gasteiger partial charge is 0.191 e. The first-order valence-electron chi connectivity index (χ1n) is 9.15. The van der Waals surface area contributed by atoms with Gasteiger partial charge in [0.25, 0.3) is 0 Å². The number of halogens is 2. The molecule has 25 heavy (non-hydrogen) atoms. The summed E-state index contributed by atoms with van der Waals surface area (Å²) in [6, 6.07) is 4.45. The van der Waals surface area contributed by atoms with Gasteiger partial charge in [-0.05, 0) is 44.2 Å². The summed E-state index contributed by atoms with van der Waals surface area (Å²) in [6.07, 6.45) is 1.00. The number of nitrogens with zero attached hydrogens (tertiary/aromatic N) is 2. The van der Waals surface area contributed by atoms with Crippen molar-refractivity contribution >= 4 is 11.6 Å². The Morgan fingerprint density at radius 3 is 2.68 bits per heavy atom. The molecule has 1 saturated heterocycles. The zero-order valence-electron chi connectivity index (χ0n) is 15.6. The normalized spacial score (nSPS) is 19.4. The molecule has 1 aromatic carbocycles. The Kier molecular flexibility index (Phi) is 7.02. The van der Waals surface area contributed by atoms with Crippen LogP contribution in [0.3, 0.4) is 0 Å². The van der Waals surface area contributed by atoms with Gasteiger partial charge in [0.15, 0.2) is 17.6 Å². The summed E-state index contributed by atoms with van der Waals surface area (Å²) in [4.78, 5) is 6.81. The van der Waals surface area contributed by atoms with Crippen LogP contribution < -0.4 is 15.5 Å². The van der Waals surface area contributed by atoms with Crippen LogP contribution in [0, 0.1) is 23.5 Å². The molecule has 0 amide bonds. The monoisotopic (exact) mass is 352 g/mol. The number of nitrogens with one attached hydrogen (secondary N) is 2. The van der Waals surface area contributed by atoms with Crippen molar-refractivity contribution in [2.24, 2.45) is 16.8 Å². The van der Waals surface area contributed by atoms with Crippen molar-refractivity contribution in [3.8, 4) is 0 Å². The number of rotatable bonds is 6. The first-order chi connectivity index (χ1) is 11.9. The van der Waals surface area contributed by atoms with Crippen molar-refractivity contribution in [2.45, 2.75) is 40.2 Å². The van der Waals surface area contributed by atoms with Gasteiger partial charge >= 0.3 is 0 Å². The highest BCUT2D eigenvalue weighted by Crippen LogP contribution is 2.25. The molecule has 0 radical (unpaired) electrons. The van der Waals surface area contributed by atoms with Crippen LogP contribution in [0.1, 0.15) is 34.1 Å². The molecule has 0 spiro atoms. The third-order valence-electron chi connectivity index (χ3n) is 4.77. The lowest BCUT2D eigenvalue weighted by molar-refractivity contribution is 0.479. The fourth-order valence-electron chi connectivity index (χ4n) is 2.82. The van der Waals surface area contributed by atoms with E-state index >= 15 is 0 Å². The molecule has 2 rings (SSSR count). The van der Waals surface area contributed by atoms with E-state index in [1.165, 1.54) is 12.1 Å². The number of guanidine groups is 1. The lowest BCUT2D eigenvalue weighted by atomic mass is 10.1. The molecule has 1 aliphatic rings. The summed E-state index contributed by atoms with van der Waals surface area (Å²) in [7, 11) is 0. The Balaban J connectivity index is 1.92. The average Bonchev–Trinajstić information content (AvgIpc) is 3.04. The number of aliphatic imine (C=N–C) groups is 1. The largest absolute Gasteiger partial charge is 0.371 e.